The van der Waals surface area contributed by atoms with Gasteiger partial charge in [-0.25, -0.2) is 4.98 Å². The van der Waals surface area contributed by atoms with Gasteiger partial charge in [0.05, 0.1) is 39.0 Å². The maximum Gasteiger partial charge on any atom is 0.259 e. The molecule has 3 heterocycles. The Bertz CT molecular complexity index is 951. The predicted octanol–water partition coefficient (Wildman–Crippen LogP) is 1.10. The van der Waals surface area contributed by atoms with Crippen molar-refractivity contribution in [3.05, 3.63) is 23.4 Å². The molecule has 9 heteroatoms. The topological polar surface area (TPSA) is 95.4 Å². The van der Waals surface area contributed by atoms with Crippen LogP contribution in [0.2, 0.25) is 0 Å². The smallest absolute Gasteiger partial charge is 0.259 e. The number of rotatable bonds is 6. The van der Waals surface area contributed by atoms with Gasteiger partial charge in [0.15, 0.2) is 0 Å². The fourth-order valence-electron chi connectivity index (χ4n) is 4.06. The van der Waals surface area contributed by atoms with E-state index in [0.29, 0.717) is 44.0 Å². The molecule has 2 aliphatic rings. The van der Waals surface area contributed by atoms with Crippen molar-refractivity contribution < 1.29 is 24.2 Å². The minimum absolute atomic E-state index is 0.00825. The number of hydrogen-bond acceptors (Lipinski definition) is 7. The molecule has 1 saturated heterocycles. The second-order valence-corrected chi connectivity index (χ2v) is 9.79. The van der Waals surface area contributed by atoms with E-state index in [2.05, 4.69) is 21.7 Å². The third-order valence-corrected chi connectivity index (χ3v) is 6.37. The van der Waals surface area contributed by atoms with Gasteiger partial charge in [-0.2, -0.15) is 0 Å². The molecule has 3 atom stereocenters. The fourth-order valence-corrected chi connectivity index (χ4v) is 4.06. The number of ether oxygens (including phenoxy) is 2. The second-order valence-electron chi connectivity index (χ2n) is 9.79. The first-order valence-corrected chi connectivity index (χ1v) is 12.3. The Balaban J connectivity index is 1.85. The number of amides is 2. The highest BCUT2D eigenvalue weighted by Crippen LogP contribution is 2.27. The number of fused-ring (bicyclic) bond motifs is 1. The first-order valence-electron chi connectivity index (χ1n) is 12.3. The van der Waals surface area contributed by atoms with Crippen molar-refractivity contribution in [2.45, 2.75) is 39.8 Å². The molecule has 1 fully saturated rings. The van der Waals surface area contributed by atoms with Gasteiger partial charge in [-0.05, 0) is 13.0 Å². The lowest BCUT2D eigenvalue weighted by molar-refractivity contribution is -0.133. The Labute approximate surface area is 208 Å². The van der Waals surface area contributed by atoms with Gasteiger partial charge in [-0.15, -0.1) is 0 Å². The molecule has 0 aliphatic carbocycles. The highest BCUT2D eigenvalue weighted by molar-refractivity contribution is 5.97. The Morgan fingerprint density at radius 1 is 1.31 bits per heavy atom. The van der Waals surface area contributed by atoms with Crippen molar-refractivity contribution in [1.29, 1.82) is 0 Å². The minimum atomic E-state index is -0.381. The van der Waals surface area contributed by atoms with Gasteiger partial charge in [0.25, 0.3) is 5.91 Å². The molecule has 0 unspecified atom stereocenters. The van der Waals surface area contributed by atoms with E-state index in [1.165, 1.54) is 0 Å². The molecule has 1 N–H and O–H groups in total. The zero-order chi connectivity index (χ0) is 25.5. The maximum atomic E-state index is 13.5. The zero-order valence-corrected chi connectivity index (χ0v) is 21.5. The van der Waals surface area contributed by atoms with Crippen LogP contribution in [0, 0.1) is 23.7 Å². The first kappa shape index (κ1) is 26.9. The predicted molar refractivity (Wildman–Crippen MR) is 132 cm³/mol. The Morgan fingerprint density at radius 3 is 2.69 bits per heavy atom. The molecule has 0 saturated carbocycles. The standard InChI is InChI=1S/C26H38N4O5/c1-18(2)6-7-21-12-22-25(27-13-21)35-23(19(3)14-30(26(22)33)20(4)17-31)15-28(5)24(32)16-29-8-10-34-11-9-29/h12-13,18-20,23,31H,8-11,14-17H2,1-5H3/t19-,20+,23+/m0/s1. The van der Waals surface area contributed by atoms with E-state index in [0.717, 1.165) is 13.1 Å². The number of likely N-dealkylation sites (N-methyl/N-ethyl adjacent to an activating group) is 1. The van der Waals surface area contributed by atoms with Crippen LogP contribution in [0.5, 0.6) is 5.88 Å². The van der Waals surface area contributed by atoms with Gasteiger partial charge in [0.1, 0.15) is 11.7 Å². The van der Waals surface area contributed by atoms with E-state index in [9.17, 15) is 14.7 Å². The molecular formula is C26H38N4O5. The summed E-state index contributed by atoms with van der Waals surface area (Å²) in [6, 6.07) is 1.33. The Hall–Kier alpha value is -2.67. The lowest BCUT2D eigenvalue weighted by Crippen LogP contribution is -2.51. The van der Waals surface area contributed by atoms with E-state index in [-0.39, 0.29) is 48.3 Å². The van der Waals surface area contributed by atoms with Crippen molar-refractivity contribution in [2.24, 2.45) is 11.8 Å². The number of morpholine rings is 1. The molecule has 35 heavy (non-hydrogen) atoms. The lowest BCUT2D eigenvalue weighted by Gasteiger charge is -2.38. The number of aliphatic hydroxyl groups excluding tert-OH is 1. The van der Waals surface area contributed by atoms with Gasteiger partial charge in [-0.1, -0.05) is 32.6 Å². The third-order valence-electron chi connectivity index (χ3n) is 6.37. The highest BCUT2D eigenvalue weighted by atomic mass is 16.5. The summed E-state index contributed by atoms with van der Waals surface area (Å²) in [7, 11) is 1.77. The normalized spacial score (nSPS) is 21.8. The molecular weight excluding hydrogens is 448 g/mol. The van der Waals surface area contributed by atoms with Crippen LogP contribution in [0.15, 0.2) is 12.3 Å². The van der Waals surface area contributed by atoms with E-state index in [1.54, 1.807) is 29.1 Å². The SMILES string of the molecule is CC(C)C#Cc1cnc2c(c1)C(=O)N([C@H](C)CO)C[C@H](C)[C@@H](CN(C)C(=O)CN1CCOCC1)O2. The van der Waals surface area contributed by atoms with Crippen LogP contribution < -0.4 is 4.74 Å². The van der Waals surface area contributed by atoms with Crippen molar-refractivity contribution >= 4 is 11.8 Å². The number of aromatic nitrogens is 1. The van der Waals surface area contributed by atoms with Gasteiger partial charge in [0, 0.05) is 50.3 Å². The van der Waals surface area contributed by atoms with Crippen molar-refractivity contribution in [2.75, 3.05) is 59.6 Å². The fraction of sp³-hybridized carbons (Fsp3) is 0.654. The van der Waals surface area contributed by atoms with Crippen LogP contribution >= 0.6 is 0 Å². The van der Waals surface area contributed by atoms with E-state index in [1.807, 2.05) is 27.7 Å². The first-order chi connectivity index (χ1) is 16.7. The monoisotopic (exact) mass is 486 g/mol. The Kier molecular flexibility index (Phi) is 9.49. The van der Waals surface area contributed by atoms with Crippen LogP contribution in [-0.4, -0.2) is 108 Å². The number of pyridine rings is 1. The van der Waals surface area contributed by atoms with Crippen LogP contribution in [0.4, 0.5) is 0 Å². The van der Waals surface area contributed by atoms with E-state index in [4.69, 9.17) is 9.47 Å². The molecule has 0 spiro atoms. The van der Waals surface area contributed by atoms with Crippen LogP contribution in [0.25, 0.3) is 0 Å². The minimum Gasteiger partial charge on any atom is -0.472 e. The summed E-state index contributed by atoms with van der Waals surface area (Å²) in [6.45, 7) is 11.5. The average molecular weight is 487 g/mol. The number of carbonyl (C=O) groups excluding carboxylic acids is 2. The molecule has 9 nitrogen and oxygen atoms in total. The molecule has 192 valence electrons. The highest BCUT2D eigenvalue weighted by Gasteiger charge is 2.34. The molecule has 1 aromatic heterocycles. The maximum absolute atomic E-state index is 13.5. The summed E-state index contributed by atoms with van der Waals surface area (Å²) in [5.41, 5.74) is 0.953. The largest absolute Gasteiger partial charge is 0.472 e. The molecule has 2 amide bonds. The number of carbonyl (C=O) groups is 2. The molecule has 0 aromatic carbocycles. The quantitative estimate of drug-likeness (QED) is 0.602. The molecule has 2 aliphatic heterocycles. The summed E-state index contributed by atoms with van der Waals surface area (Å²) < 4.78 is 11.6. The van der Waals surface area contributed by atoms with Gasteiger partial charge < -0.3 is 24.4 Å². The molecule has 0 radical (unpaired) electrons. The van der Waals surface area contributed by atoms with Crippen molar-refractivity contribution in [3.8, 4) is 17.7 Å². The molecule has 3 rings (SSSR count). The number of aliphatic hydroxyl groups is 1. The summed E-state index contributed by atoms with van der Waals surface area (Å²) in [4.78, 5) is 36.2. The Morgan fingerprint density at radius 2 is 2.03 bits per heavy atom. The molecule has 0 bridgehead atoms. The summed E-state index contributed by atoms with van der Waals surface area (Å²) >= 11 is 0. The molecule has 1 aromatic rings. The van der Waals surface area contributed by atoms with Crippen LogP contribution in [0.1, 0.15) is 43.6 Å². The zero-order valence-electron chi connectivity index (χ0n) is 21.5. The van der Waals surface area contributed by atoms with Gasteiger partial charge >= 0.3 is 0 Å². The summed E-state index contributed by atoms with van der Waals surface area (Å²) in [5.74, 6) is 6.23. The average Bonchev–Trinajstić information content (AvgIpc) is 2.84. The van der Waals surface area contributed by atoms with Crippen LogP contribution in [-0.2, 0) is 9.53 Å². The van der Waals surface area contributed by atoms with Gasteiger partial charge in [0.2, 0.25) is 11.8 Å². The van der Waals surface area contributed by atoms with Crippen molar-refractivity contribution in [3.63, 3.8) is 0 Å². The summed E-state index contributed by atoms with van der Waals surface area (Å²) in [6.07, 6.45) is 1.23. The number of nitrogens with zero attached hydrogens (tertiary/aromatic N) is 4. The van der Waals surface area contributed by atoms with Gasteiger partial charge in [-0.3, -0.25) is 14.5 Å². The van der Waals surface area contributed by atoms with E-state index >= 15 is 0 Å². The number of hydrogen-bond donors (Lipinski definition) is 1. The lowest BCUT2D eigenvalue weighted by atomic mass is 10.00. The van der Waals surface area contributed by atoms with E-state index < -0.39 is 0 Å². The van der Waals surface area contributed by atoms with Crippen LogP contribution in [0.3, 0.4) is 0 Å². The third kappa shape index (κ3) is 7.17. The second kappa shape index (κ2) is 12.3. The summed E-state index contributed by atoms with van der Waals surface area (Å²) in [5, 5.41) is 9.81. The van der Waals surface area contributed by atoms with Crippen molar-refractivity contribution in [1.82, 2.24) is 19.7 Å².